The van der Waals surface area contributed by atoms with Crippen molar-refractivity contribution in [3.63, 3.8) is 0 Å². The molecule has 0 spiro atoms. The van der Waals surface area contributed by atoms with Crippen molar-refractivity contribution in [2.45, 2.75) is 6.18 Å². The Kier molecular flexibility index (Phi) is 6.11. The summed E-state index contributed by atoms with van der Waals surface area (Å²) < 4.78 is 36.5. The van der Waals surface area contributed by atoms with Gasteiger partial charge < -0.3 is 15.6 Å². The molecule has 3 N–H and O–H groups in total. The number of carbonyl (C=O) groups excluding carboxylic acids is 1. The van der Waals surface area contributed by atoms with Gasteiger partial charge in [-0.1, -0.05) is 18.7 Å². The summed E-state index contributed by atoms with van der Waals surface area (Å²) in [6.07, 6.45) is -3.99. The first-order chi connectivity index (χ1) is 8.68. The molecule has 0 unspecified atom stereocenters. The maximum absolute atomic E-state index is 10.7. The molecule has 0 atom stereocenters. The fraction of sp³-hybridized carbons (Fsp3) is 0.0909. The highest BCUT2D eigenvalue weighted by atomic mass is 19.4. The number of rotatable bonds is 2. The summed E-state index contributed by atoms with van der Waals surface area (Å²) in [4.78, 5) is 19.6. The molecule has 1 aromatic rings. The maximum Gasteiger partial charge on any atom is 0.490 e. The molecule has 1 rings (SSSR count). The third-order valence-electron chi connectivity index (χ3n) is 1.54. The average Bonchev–Trinajstić information content (AvgIpc) is 2.31. The molecule has 104 valence electrons. The van der Waals surface area contributed by atoms with Crippen LogP contribution in [0.3, 0.4) is 0 Å². The van der Waals surface area contributed by atoms with Crippen LogP contribution in [0.5, 0.6) is 5.75 Å². The Morgan fingerprint density at radius 2 is 1.79 bits per heavy atom. The fourth-order valence-corrected chi connectivity index (χ4v) is 0.724. The number of nitrogens with two attached hydrogens (primary N) is 1. The van der Waals surface area contributed by atoms with Crippen LogP contribution in [0.2, 0.25) is 0 Å². The molecule has 0 aromatic heterocycles. The summed E-state index contributed by atoms with van der Waals surface area (Å²) in [6, 6.07) is 6.78. The van der Waals surface area contributed by atoms with Crippen molar-refractivity contribution >= 4 is 17.6 Å². The monoisotopic (exact) mass is 277 g/mol. The van der Waals surface area contributed by atoms with Crippen molar-refractivity contribution < 1.29 is 32.6 Å². The Balaban J connectivity index is 0.000000399. The predicted octanol–water partition coefficient (Wildman–Crippen LogP) is 1.99. The summed E-state index contributed by atoms with van der Waals surface area (Å²) in [5, 5.41) is 7.12. The number of ether oxygens (including phenoxy) is 1. The molecular formula is C11H10F3NO4. The van der Waals surface area contributed by atoms with Gasteiger partial charge in [-0.2, -0.15) is 13.2 Å². The fourth-order valence-electron chi connectivity index (χ4n) is 0.724. The SMILES string of the molecule is C=CC(=O)Oc1ccccc1N.O=C(O)C(F)(F)F. The summed E-state index contributed by atoms with van der Waals surface area (Å²) in [7, 11) is 0. The summed E-state index contributed by atoms with van der Waals surface area (Å²) in [5.74, 6) is -2.90. The van der Waals surface area contributed by atoms with Crippen LogP contribution in [0.25, 0.3) is 0 Å². The van der Waals surface area contributed by atoms with E-state index in [1.165, 1.54) is 0 Å². The van der Waals surface area contributed by atoms with Gasteiger partial charge in [-0.3, -0.25) is 0 Å². The number of alkyl halides is 3. The van der Waals surface area contributed by atoms with Crippen LogP contribution in [-0.2, 0) is 9.59 Å². The van der Waals surface area contributed by atoms with Gasteiger partial charge in [0.25, 0.3) is 0 Å². The number of carboxylic acids is 1. The molecule has 8 heteroatoms. The second kappa shape index (κ2) is 7.04. The van der Waals surface area contributed by atoms with E-state index in [-0.39, 0.29) is 0 Å². The quantitative estimate of drug-likeness (QED) is 0.373. The number of hydrogen-bond donors (Lipinski definition) is 2. The number of nitrogen functional groups attached to an aromatic ring is 1. The zero-order valence-electron chi connectivity index (χ0n) is 9.48. The van der Waals surface area contributed by atoms with E-state index in [4.69, 9.17) is 20.4 Å². The van der Waals surface area contributed by atoms with Crippen LogP contribution < -0.4 is 10.5 Å². The molecule has 0 fully saturated rings. The molecule has 0 aliphatic rings. The Morgan fingerprint density at radius 1 is 1.32 bits per heavy atom. The van der Waals surface area contributed by atoms with E-state index in [9.17, 15) is 18.0 Å². The van der Waals surface area contributed by atoms with E-state index in [0.29, 0.717) is 11.4 Å². The molecule has 0 saturated heterocycles. The van der Waals surface area contributed by atoms with Gasteiger partial charge in [0.2, 0.25) is 0 Å². The average molecular weight is 277 g/mol. The molecule has 5 nitrogen and oxygen atoms in total. The highest BCUT2D eigenvalue weighted by Crippen LogP contribution is 2.19. The van der Waals surface area contributed by atoms with E-state index in [1.54, 1.807) is 24.3 Å². The number of benzene rings is 1. The van der Waals surface area contributed by atoms with Gasteiger partial charge in [-0.05, 0) is 12.1 Å². The first-order valence-electron chi connectivity index (χ1n) is 4.67. The lowest BCUT2D eigenvalue weighted by Gasteiger charge is -2.02. The highest BCUT2D eigenvalue weighted by molar-refractivity contribution is 5.84. The zero-order chi connectivity index (χ0) is 15.1. The molecule has 0 aliphatic heterocycles. The number of anilines is 1. The smallest absolute Gasteiger partial charge is 0.475 e. The highest BCUT2D eigenvalue weighted by Gasteiger charge is 2.38. The predicted molar refractivity (Wildman–Crippen MR) is 60.4 cm³/mol. The van der Waals surface area contributed by atoms with Crippen LogP contribution >= 0.6 is 0 Å². The number of carbonyl (C=O) groups is 2. The van der Waals surface area contributed by atoms with Crippen LogP contribution in [-0.4, -0.2) is 23.2 Å². The third kappa shape index (κ3) is 6.71. The lowest BCUT2D eigenvalue weighted by Crippen LogP contribution is -2.21. The Labute approximate surface area is 106 Å². The first-order valence-corrected chi connectivity index (χ1v) is 4.67. The lowest BCUT2D eigenvalue weighted by atomic mass is 10.3. The second-order valence-corrected chi connectivity index (χ2v) is 2.97. The van der Waals surface area contributed by atoms with Gasteiger partial charge >= 0.3 is 18.1 Å². The Bertz CT molecular complexity index is 471. The molecule has 0 amide bonds. The molecule has 0 bridgehead atoms. The molecular weight excluding hydrogens is 267 g/mol. The minimum atomic E-state index is -5.08. The molecule has 1 aromatic carbocycles. The van der Waals surface area contributed by atoms with Crippen molar-refractivity contribution in [2.75, 3.05) is 5.73 Å². The number of halogens is 3. The van der Waals surface area contributed by atoms with Crippen LogP contribution in [0.1, 0.15) is 0 Å². The topological polar surface area (TPSA) is 89.6 Å². The Hall–Kier alpha value is -2.51. The lowest BCUT2D eigenvalue weighted by molar-refractivity contribution is -0.192. The van der Waals surface area contributed by atoms with E-state index < -0.39 is 18.1 Å². The summed E-state index contributed by atoms with van der Waals surface area (Å²) >= 11 is 0. The van der Waals surface area contributed by atoms with E-state index in [2.05, 4.69) is 6.58 Å². The van der Waals surface area contributed by atoms with Crippen LogP contribution in [0.15, 0.2) is 36.9 Å². The van der Waals surface area contributed by atoms with Crippen molar-refractivity contribution in [1.29, 1.82) is 0 Å². The van der Waals surface area contributed by atoms with Crippen molar-refractivity contribution in [3.8, 4) is 5.75 Å². The van der Waals surface area contributed by atoms with Crippen LogP contribution in [0.4, 0.5) is 18.9 Å². The minimum Gasteiger partial charge on any atom is -0.475 e. The number of para-hydroxylation sites is 2. The zero-order valence-corrected chi connectivity index (χ0v) is 9.48. The van der Waals surface area contributed by atoms with Gasteiger partial charge in [0, 0.05) is 6.08 Å². The molecule has 0 heterocycles. The third-order valence-corrected chi connectivity index (χ3v) is 1.54. The maximum atomic E-state index is 10.7. The Morgan fingerprint density at radius 3 is 2.16 bits per heavy atom. The number of aliphatic carboxylic acids is 1. The molecule has 0 saturated carbocycles. The van der Waals surface area contributed by atoms with E-state index >= 15 is 0 Å². The standard InChI is InChI=1S/C9H9NO2.C2HF3O2/c1-2-9(11)12-8-6-4-3-5-7(8)10;3-2(4,5)1(6)7/h2-6H,1,10H2;(H,6,7). The van der Waals surface area contributed by atoms with Gasteiger partial charge in [-0.15, -0.1) is 0 Å². The number of esters is 1. The normalized spacial score (nSPS) is 9.84. The molecule has 0 aliphatic carbocycles. The summed E-state index contributed by atoms with van der Waals surface area (Å²) in [6.45, 7) is 3.27. The molecule has 19 heavy (non-hydrogen) atoms. The van der Waals surface area contributed by atoms with Gasteiger partial charge in [0.15, 0.2) is 5.75 Å². The van der Waals surface area contributed by atoms with Crippen molar-refractivity contribution in [3.05, 3.63) is 36.9 Å². The van der Waals surface area contributed by atoms with Crippen LogP contribution in [0, 0.1) is 0 Å². The van der Waals surface area contributed by atoms with E-state index in [1.807, 2.05) is 0 Å². The number of hydrogen-bond acceptors (Lipinski definition) is 4. The van der Waals surface area contributed by atoms with Gasteiger partial charge in [0.1, 0.15) is 0 Å². The number of carboxylic acid groups (broad SMARTS) is 1. The van der Waals surface area contributed by atoms with Crippen molar-refractivity contribution in [1.82, 2.24) is 0 Å². The van der Waals surface area contributed by atoms with Gasteiger partial charge in [0.05, 0.1) is 5.69 Å². The first kappa shape index (κ1) is 16.5. The van der Waals surface area contributed by atoms with Crippen molar-refractivity contribution in [2.24, 2.45) is 0 Å². The minimum absolute atomic E-state index is 0.363. The van der Waals surface area contributed by atoms with E-state index in [0.717, 1.165) is 6.08 Å². The van der Waals surface area contributed by atoms with Gasteiger partial charge in [-0.25, -0.2) is 9.59 Å². The molecule has 0 radical (unpaired) electrons. The largest absolute Gasteiger partial charge is 0.490 e. The summed E-state index contributed by atoms with van der Waals surface area (Å²) in [5.41, 5.74) is 5.95. The second-order valence-electron chi connectivity index (χ2n) is 2.97.